The van der Waals surface area contributed by atoms with E-state index in [9.17, 15) is 4.79 Å². The van der Waals surface area contributed by atoms with Crippen molar-refractivity contribution in [1.82, 2.24) is 0 Å². The van der Waals surface area contributed by atoms with Gasteiger partial charge in [0, 0.05) is 17.9 Å². The van der Waals surface area contributed by atoms with Crippen molar-refractivity contribution in [2.24, 2.45) is 0 Å². The van der Waals surface area contributed by atoms with Crippen molar-refractivity contribution in [2.75, 3.05) is 24.2 Å². The molecule has 16 heavy (non-hydrogen) atoms. The summed E-state index contributed by atoms with van der Waals surface area (Å²) in [7, 11) is 0. The molecule has 0 aromatic heterocycles. The lowest BCUT2D eigenvalue weighted by atomic mass is 10.2. The van der Waals surface area contributed by atoms with Gasteiger partial charge in [-0.1, -0.05) is 0 Å². The molecule has 0 radical (unpaired) electrons. The number of carbonyl (C=O) groups is 1. The predicted octanol–water partition coefficient (Wildman–Crippen LogP) is 1.94. The van der Waals surface area contributed by atoms with E-state index >= 15 is 0 Å². The van der Waals surface area contributed by atoms with Crippen molar-refractivity contribution in [3.05, 3.63) is 23.8 Å². The topological polar surface area (TPSA) is 64.3 Å². The number of nitrogens with one attached hydrogen (secondary N) is 1. The molecule has 0 fully saturated rings. The van der Waals surface area contributed by atoms with Gasteiger partial charge >= 0.3 is 5.97 Å². The van der Waals surface area contributed by atoms with Gasteiger partial charge < -0.3 is 15.8 Å². The number of rotatable bonds is 5. The van der Waals surface area contributed by atoms with Crippen LogP contribution in [0.4, 0.5) is 11.4 Å². The standard InChI is InChI=1S/C12H18N2O2/c1-3-16-12(15)4-5-14-11-7-9(2)6-10(13)8-11/h6-8,14H,3-5,13H2,1-2H3. The molecule has 0 amide bonds. The molecule has 0 heterocycles. The van der Waals surface area contributed by atoms with Crippen molar-refractivity contribution in [3.8, 4) is 0 Å². The molecule has 0 aliphatic heterocycles. The number of carbonyl (C=O) groups excluding carboxylic acids is 1. The maximum Gasteiger partial charge on any atom is 0.307 e. The highest BCUT2D eigenvalue weighted by molar-refractivity contribution is 5.70. The van der Waals surface area contributed by atoms with Gasteiger partial charge in [0.25, 0.3) is 0 Å². The molecule has 4 heteroatoms. The molecule has 1 aromatic rings. The zero-order chi connectivity index (χ0) is 12.0. The van der Waals surface area contributed by atoms with Crippen molar-refractivity contribution in [3.63, 3.8) is 0 Å². The van der Waals surface area contributed by atoms with E-state index in [-0.39, 0.29) is 5.97 Å². The molecule has 88 valence electrons. The van der Waals surface area contributed by atoms with Crippen LogP contribution in [0.2, 0.25) is 0 Å². The largest absolute Gasteiger partial charge is 0.466 e. The van der Waals surface area contributed by atoms with Crippen LogP contribution in [-0.4, -0.2) is 19.1 Å². The highest BCUT2D eigenvalue weighted by atomic mass is 16.5. The first kappa shape index (κ1) is 12.4. The fourth-order valence-electron chi connectivity index (χ4n) is 1.46. The SMILES string of the molecule is CCOC(=O)CCNc1cc(C)cc(N)c1. The average molecular weight is 222 g/mol. The fourth-order valence-corrected chi connectivity index (χ4v) is 1.46. The van der Waals surface area contributed by atoms with Gasteiger partial charge in [0.1, 0.15) is 0 Å². The third kappa shape index (κ3) is 4.21. The number of aryl methyl sites for hydroxylation is 1. The van der Waals surface area contributed by atoms with E-state index in [0.29, 0.717) is 19.6 Å². The molecule has 0 atom stereocenters. The molecule has 0 saturated heterocycles. The third-order valence-corrected chi connectivity index (χ3v) is 2.06. The van der Waals surface area contributed by atoms with Crippen LogP contribution in [0, 0.1) is 6.92 Å². The Morgan fingerprint density at radius 1 is 1.44 bits per heavy atom. The second-order valence-corrected chi connectivity index (χ2v) is 3.61. The third-order valence-electron chi connectivity index (χ3n) is 2.06. The van der Waals surface area contributed by atoms with Crippen LogP contribution in [0.5, 0.6) is 0 Å². The first-order valence-electron chi connectivity index (χ1n) is 5.38. The molecule has 4 nitrogen and oxygen atoms in total. The summed E-state index contributed by atoms with van der Waals surface area (Å²) in [5, 5.41) is 3.13. The maximum atomic E-state index is 11.1. The summed E-state index contributed by atoms with van der Waals surface area (Å²) < 4.78 is 4.82. The molecule has 3 N–H and O–H groups in total. The number of nitrogen functional groups attached to an aromatic ring is 1. The minimum atomic E-state index is -0.185. The van der Waals surface area contributed by atoms with Crippen LogP contribution in [0.25, 0.3) is 0 Å². The monoisotopic (exact) mass is 222 g/mol. The number of hydrogen-bond acceptors (Lipinski definition) is 4. The van der Waals surface area contributed by atoms with Crippen LogP contribution in [0.15, 0.2) is 18.2 Å². The first-order valence-corrected chi connectivity index (χ1v) is 5.38. The Kier molecular flexibility index (Phi) is 4.64. The maximum absolute atomic E-state index is 11.1. The number of esters is 1. The minimum Gasteiger partial charge on any atom is -0.466 e. The van der Waals surface area contributed by atoms with Gasteiger partial charge in [-0.3, -0.25) is 4.79 Å². The van der Waals surface area contributed by atoms with E-state index < -0.39 is 0 Å². The molecule has 0 saturated carbocycles. The molecule has 1 rings (SSSR count). The fraction of sp³-hybridized carbons (Fsp3) is 0.417. The Morgan fingerprint density at radius 2 is 2.19 bits per heavy atom. The van der Waals surface area contributed by atoms with Crippen LogP contribution in [0.1, 0.15) is 18.9 Å². The van der Waals surface area contributed by atoms with E-state index in [0.717, 1.165) is 16.9 Å². The molecule has 0 aliphatic carbocycles. The second-order valence-electron chi connectivity index (χ2n) is 3.61. The number of hydrogen-bond donors (Lipinski definition) is 2. The van der Waals surface area contributed by atoms with E-state index in [1.165, 1.54) is 0 Å². The van der Waals surface area contributed by atoms with Gasteiger partial charge in [0.15, 0.2) is 0 Å². The zero-order valence-corrected chi connectivity index (χ0v) is 9.75. The summed E-state index contributed by atoms with van der Waals surface area (Å²) in [5.74, 6) is -0.185. The zero-order valence-electron chi connectivity index (χ0n) is 9.75. The van der Waals surface area contributed by atoms with Crippen LogP contribution < -0.4 is 11.1 Å². The van der Waals surface area contributed by atoms with Crippen molar-refractivity contribution >= 4 is 17.3 Å². The van der Waals surface area contributed by atoms with Gasteiger partial charge in [-0.2, -0.15) is 0 Å². The van der Waals surface area contributed by atoms with Gasteiger partial charge in [-0.25, -0.2) is 0 Å². The summed E-state index contributed by atoms with van der Waals surface area (Å²) >= 11 is 0. The summed E-state index contributed by atoms with van der Waals surface area (Å²) in [5.41, 5.74) is 8.46. The normalized spacial score (nSPS) is 9.88. The van der Waals surface area contributed by atoms with Gasteiger partial charge in [-0.15, -0.1) is 0 Å². The Hall–Kier alpha value is -1.71. The summed E-state index contributed by atoms with van der Waals surface area (Å²) in [6, 6.07) is 5.73. The summed E-state index contributed by atoms with van der Waals surface area (Å²) in [6.45, 7) is 4.76. The highest BCUT2D eigenvalue weighted by Crippen LogP contribution is 2.15. The Labute approximate surface area is 95.8 Å². The highest BCUT2D eigenvalue weighted by Gasteiger charge is 2.01. The van der Waals surface area contributed by atoms with Crippen LogP contribution in [-0.2, 0) is 9.53 Å². The van der Waals surface area contributed by atoms with Gasteiger partial charge in [-0.05, 0) is 37.6 Å². The van der Waals surface area contributed by atoms with Crippen LogP contribution >= 0.6 is 0 Å². The molecule has 0 aliphatic rings. The smallest absolute Gasteiger partial charge is 0.307 e. The van der Waals surface area contributed by atoms with Crippen molar-refractivity contribution in [2.45, 2.75) is 20.3 Å². The molecular weight excluding hydrogens is 204 g/mol. The quantitative estimate of drug-likeness (QED) is 0.590. The second kappa shape index (κ2) is 6.00. The van der Waals surface area contributed by atoms with E-state index in [4.69, 9.17) is 10.5 Å². The molecular formula is C12H18N2O2. The summed E-state index contributed by atoms with van der Waals surface area (Å²) in [6.07, 6.45) is 0.363. The molecule has 0 spiro atoms. The summed E-state index contributed by atoms with van der Waals surface area (Å²) in [4.78, 5) is 11.1. The minimum absolute atomic E-state index is 0.185. The molecule has 0 bridgehead atoms. The van der Waals surface area contributed by atoms with Gasteiger partial charge in [0.2, 0.25) is 0 Å². The number of nitrogens with two attached hydrogens (primary N) is 1. The number of ether oxygens (including phenoxy) is 1. The Bertz CT molecular complexity index is 344. The average Bonchev–Trinajstić information content (AvgIpc) is 2.16. The molecule has 0 unspecified atom stereocenters. The van der Waals surface area contributed by atoms with Crippen molar-refractivity contribution < 1.29 is 9.53 Å². The molecule has 1 aromatic carbocycles. The van der Waals surface area contributed by atoms with Gasteiger partial charge in [0.05, 0.1) is 13.0 Å². The number of anilines is 2. The van der Waals surface area contributed by atoms with E-state index in [1.54, 1.807) is 6.92 Å². The first-order chi connectivity index (χ1) is 7.61. The lowest BCUT2D eigenvalue weighted by molar-refractivity contribution is -0.142. The van der Waals surface area contributed by atoms with Crippen molar-refractivity contribution in [1.29, 1.82) is 0 Å². The lowest BCUT2D eigenvalue weighted by Gasteiger charge is -2.08. The lowest BCUT2D eigenvalue weighted by Crippen LogP contribution is -2.11. The Morgan fingerprint density at radius 3 is 2.81 bits per heavy atom. The number of benzene rings is 1. The van der Waals surface area contributed by atoms with E-state index in [1.807, 2.05) is 25.1 Å². The Balaban J connectivity index is 2.40. The van der Waals surface area contributed by atoms with E-state index in [2.05, 4.69) is 5.32 Å². The van der Waals surface area contributed by atoms with Crippen LogP contribution in [0.3, 0.4) is 0 Å². The predicted molar refractivity (Wildman–Crippen MR) is 65.3 cm³/mol.